The summed E-state index contributed by atoms with van der Waals surface area (Å²) in [6.45, 7) is 0.976. The zero-order valence-corrected chi connectivity index (χ0v) is 19.3. The highest BCUT2D eigenvalue weighted by atomic mass is 32.2. The highest BCUT2D eigenvalue weighted by molar-refractivity contribution is 7.89. The van der Waals surface area contributed by atoms with Crippen LogP contribution in [0.5, 0.6) is 0 Å². The summed E-state index contributed by atoms with van der Waals surface area (Å²) in [4.78, 5) is 32.3. The Morgan fingerprint density at radius 1 is 0.941 bits per heavy atom. The van der Waals surface area contributed by atoms with Gasteiger partial charge in [-0.3, -0.25) is 14.2 Å². The third-order valence-corrected chi connectivity index (χ3v) is 6.80. The Morgan fingerprint density at radius 2 is 1.65 bits per heavy atom. The maximum Gasteiger partial charge on any atom is 0.243 e. The number of carbonyl (C=O) groups excluding carboxylic acids is 2. The van der Waals surface area contributed by atoms with Crippen LogP contribution < -0.4 is 10.6 Å². The van der Waals surface area contributed by atoms with Gasteiger partial charge < -0.3 is 10.6 Å². The van der Waals surface area contributed by atoms with E-state index >= 15 is 0 Å². The molecule has 2 amide bonds. The Hall–Kier alpha value is -4.09. The number of fused-ring (bicyclic) bond motifs is 1. The van der Waals surface area contributed by atoms with Crippen LogP contribution in [0.25, 0.3) is 16.9 Å². The normalized spacial score (nSPS) is 11.5. The molecule has 0 saturated carbocycles. The van der Waals surface area contributed by atoms with Gasteiger partial charge in [0.2, 0.25) is 21.8 Å². The Kier molecular flexibility index (Phi) is 6.39. The van der Waals surface area contributed by atoms with Crippen molar-refractivity contribution in [2.24, 2.45) is 0 Å². The van der Waals surface area contributed by atoms with Crippen LogP contribution in [0.2, 0.25) is 0 Å². The monoisotopic (exact) mass is 478 g/mol. The Balaban J connectivity index is 1.40. The van der Waals surface area contributed by atoms with Crippen molar-refractivity contribution < 1.29 is 18.0 Å². The lowest BCUT2D eigenvalue weighted by molar-refractivity contribution is -0.116. The van der Waals surface area contributed by atoms with E-state index in [9.17, 15) is 18.0 Å². The Morgan fingerprint density at radius 3 is 2.32 bits per heavy atom. The van der Waals surface area contributed by atoms with Crippen LogP contribution >= 0.6 is 0 Å². The summed E-state index contributed by atoms with van der Waals surface area (Å²) < 4.78 is 28.3. The van der Waals surface area contributed by atoms with Crippen molar-refractivity contribution in [2.45, 2.75) is 11.8 Å². The van der Waals surface area contributed by atoms with Crippen molar-refractivity contribution in [3.63, 3.8) is 0 Å². The van der Waals surface area contributed by atoms with Gasteiger partial charge in [0, 0.05) is 19.7 Å². The summed E-state index contributed by atoms with van der Waals surface area (Å²) in [5.41, 5.74) is 2.66. The molecule has 0 radical (unpaired) electrons. The van der Waals surface area contributed by atoms with E-state index in [-0.39, 0.29) is 17.3 Å². The number of sulfonamides is 1. The third kappa shape index (κ3) is 4.95. The minimum absolute atomic E-state index is 0.00970. The Labute approximate surface area is 196 Å². The van der Waals surface area contributed by atoms with E-state index in [2.05, 4.69) is 20.6 Å². The zero-order chi connectivity index (χ0) is 24.3. The number of nitrogens with zero attached hydrogens (tertiary/aromatic N) is 4. The van der Waals surface area contributed by atoms with E-state index in [4.69, 9.17) is 0 Å². The van der Waals surface area contributed by atoms with Crippen molar-refractivity contribution in [3.8, 4) is 5.82 Å². The molecule has 4 rings (SSSR count). The lowest BCUT2D eigenvalue weighted by Gasteiger charge is -2.17. The van der Waals surface area contributed by atoms with Crippen molar-refractivity contribution in [1.82, 2.24) is 18.8 Å². The number of para-hydroxylation sites is 2. The highest BCUT2D eigenvalue weighted by Crippen LogP contribution is 2.19. The quantitative estimate of drug-likeness (QED) is 0.421. The number of rotatable bonds is 7. The van der Waals surface area contributed by atoms with Gasteiger partial charge in [0.15, 0.2) is 0 Å². The zero-order valence-electron chi connectivity index (χ0n) is 18.5. The lowest BCUT2D eigenvalue weighted by Crippen LogP contribution is -2.35. The fourth-order valence-corrected chi connectivity index (χ4v) is 4.45. The van der Waals surface area contributed by atoms with E-state index in [1.54, 1.807) is 18.5 Å². The summed E-state index contributed by atoms with van der Waals surface area (Å²) in [6.07, 6.45) is 3.17. The summed E-state index contributed by atoms with van der Waals surface area (Å²) >= 11 is 0. The topological polar surface area (TPSA) is 126 Å². The number of amides is 2. The van der Waals surface area contributed by atoms with Crippen molar-refractivity contribution in [1.29, 1.82) is 0 Å². The number of nitrogens with one attached hydrogen (secondary N) is 2. The smallest absolute Gasteiger partial charge is 0.243 e. The van der Waals surface area contributed by atoms with Gasteiger partial charge in [0.25, 0.3) is 0 Å². The molecule has 2 aromatic heterocycles. The fraction of sp³-hybridized carbons (Fsp3) is 0.130. The number of pyridine rings is 1. The van der Waals surface area contributed by atoms with Gasteiger partial charge in [-0.15, -0.1) is 0 Å². The molecule has 0 unspecified atom stereocenters. The molecule has 2 aromatic carbocycles. The lowest BCUT2D eigenvalue weighted by atomic mass is 10.3. The first-order valence-electron chi connectivity index (χ1n) is 10.3. The molecule has 0 aliphatic heterocycles. The second-order valence-corrected chi connectivity index (χ2v) is 9.57. The van der Waals surface area contributed by atoms with Gasteiger partial charge in [0.1, 0.15) is 12.1 Å². The van der Waals surface area contributed by atoms with Gasteiger partial charge in [-0.2, -0.15) is 4.31 Å². The number of carbonyl (C=O) groups is 2. The van der Waals surface area contributed by atoms with E-state index in [0.717, 1.165) is 15.3 Å². The number of hydrogen-bond acceptors (Lipinski definition) is 6. The number of imidazole rings is 1. The molecule has 34 heavy (non-hydrogen) atoms. The van der Waals surface area contributed by atoms with Crippen LogP contribution in [0.15, 0.2) is 78.1 Å². The summed E-state index contributed by atoms with van der Waals surface area (Å²) in [6, 6.07) is 16.8. The third-order valence-electron chi connectivity index (χ3n) is 4.98. The molecule has 0 atom stereocenters. The van der Waals surface area contributed by atoms with E-state index in [1.165, 1.54) is 44.4 Å². The summed E-state index contributed by atoms with van der Waals surface area (Å²) in [7, 11) is -2.57. The molecule has 0 bridgehead atoms. The number of aromatic nitrogens is 3. The number of hydrogen-bond donors (Lipinski definition) is 2. The minimum Gasteiger partial charge on any atom is -0.326 e. The summed E-state index contributed by atoms with van der Waals surface area (Å²) in [5.74, 6) is -0.136. The van der Waals surface area contributed by atoms with Gasteiger partial charge in [-0.25, -0.2) is 18.4 Å². The van der Waals surface area contributed by atoms with E-state index in [0.29, 0.717) is 17.2 Å². The van der Waals surface area contributed by atoms with Gasteiger partial charge in [-0.05, 0) is 48.5 Å². The van der Waals surface area contributed by atoms with Crippen molar-refractivity contribution >= 4 is 44.2 Å². The largest absolute Gasteiger partial charge is 0.326 e. The Bertz CT molecular complexity index is 1450. The molecule has 10 nitrogen and oxygen atoms in total. The average Bonchev–Trinajstić information content (AvgIpc) is 3.23. The summed E-state index contributed by atoms with van der Waals surface area (Å²) in [5, 5.41) is 5.23. The molecule has 174 valence electrons. The molecule has 2 heterocycles. The molecule has 4 aromatic rings. The maximum absolute atomic E-state index is 12.8. The minimum atomic E-state index is -3.89. The van der Waals surface area contributed by atoms with Crippen LogP contribution in [0, 0.1) is 0 Å². The van der Waals surface area contributed by atoms with Gasteiger partial charge >= 0.3 is 0 Å². The average molecular weight is 479 g/mol. The predicted octanol–water partition coefficient (Wildman–Crippen LogP) is 2.64. The number of anilines is 2. The predicted molar refractivity (Wildman–Crippen MR) is 128 cm³/mol. The molecule has 0 spiro atoms. The molecule has 0 fully saturated rings. The van der Waals surface area contributed by atoms with Crippen molar-refractivity contribution in [3.05, 3.63) is 73.2 Å². The van der Waals surface area contributed by atoms with Gasteiger partial charge in [0.05, 0.1) is 34.4 Å². The SMILES string of the molecule is CC(=O)Nc1ccc(S(=O)(=O)N(C)CC(=O)Nc2ccc(-n3cnc4ccccc43)nc2)cc1. The molecular weight excluding hydrogens is 456 g/mol. The fourth-order valence-electron chi connectivity index (χ4n) is 3.33. The molecule has 0 saturated heterocycles. The number of likely N-dealkylation sites (N-methyl/N-ethyl adjacent to an activating group) is 1. The first-order chi connectivity index (χ1) is 16.2. The molecule has 0 aliphatic carbocycles. The standard InChI is InChI=1S/C23H22N6O4S/c1-16(30)26-17-7-10-19(11-8-17)34(32,33)28(2)14-23(31)27-18-9-12-22(24-13-18)29-15-25-20-5-3-4-6-21(20)29/h3-13,15H,14H2,1-2H3,(H,26,30)(H,27,31). The second-order valence-electron chi connectivity index (χ2n) is 7.52. The van der Waals surface area contributed by atoms with Crippen LogP contribution in [0.3, 0.4) is 0 Å². The van der Waals surface area contributed by atoms with Crippen LogP contribution in [0.1, 0.15) is 6.92 Å². The second kappa shape index (κ2) is 9.41. The highest BCUT2D eigenvalue weighted by Gasteiger charge is 2.23. The molecule has 11 heteroatoms. The van der Waals surface area contributed by atoms with E-state index < -0.39 is 15.9 Å². The van der Waals surface area contributed by atoms with E-state index in [1.807, 2.05) is 28.8 Å². The molecule has 2 N–H and O–H groups in total. The first-order valence-corrected chi connectivity index (χ1v) is 11.7. The molecule has 0 aliphatic rings. The van der Waals surface area contributed by atoms with Crippen LogP contribution in [-0.4, -0.2) is 52.7 Å². The van der Waals surface area contributed by atoms with Gasteiger partial charge in [-0.1, -0.05) is 12.1 Å². The first kappa shape index (κ1) is 23.1. The van der Waals surface area contributed by atoms with Crippen molar-refractivity contribution in [2.75, 3.05) is 24.2 Å². The van der Waals surface area contributed by atoms with Crippen LogP contribution in [0.4, 0.5) is 11.4 Å². The maximum atomic E-state index is 12.8. The molecular formula is C23H22N6O4S. The number of benzene rings is 2. The van der Waals surface area contributed by atoms with Crippen LogP contribution in [-0.2, 0) is 19.6 Å².